The van der Waals surface area contributed by atoms with Crippen LogP contribution in [0.3, 0.4) is 0 Å². The van der Waals surface area contributed by atoms with Gasteiger partial charge in [0.2, 0.25) is 0 Å². The lowest BCUT2D eigenvalue weighted by Crippen LogP contribution is -2.13. The number of rotatable bonds is 6. The Morgan fingerprint density at radius 3 is 2.62 bits per heavy atom. The first-order valence-electron chi connectivity index (χ1n) is 7.06. The van der Waals surface area contributed by atoms with Gasteiger partial charge in [-0.05, 0) is 24.1 Å². The number of nitrogens with zero attached hydrogens (tertiary/aromatic N) is 3. The van der Waals surface area contributed by atoms with Gasteiger partial charge >= 0.3 is 0 Å². The topological polar surface area (TPSA) is 58.5 Å². The molecule has 21 heavy (non-hydrogen) atoms. The van der Waals surface area contributed by atoms with Crippen LogP contribution in [0.15, 0.2) is 48.9 Å². The molecule has 3 rings (SSSR count). The summed E-state index contributed by atoms with van der Waals surface area (Å²) in [4.78, 5) is 0. The molecule has 0 aliphatic heterocycles. The summed E-state index contributed by atoms with van der Waals surface area (Å²) in [6, 6.07) is 10.6. The van der Waals surface area contributed by atoms with E-state index < -0.39 is 0 Å². The standard InChI is InChI=1S/C16H19N5/c1-13-16(11-18-20-13)10-17-9-14-3-5-15(6-4-14)12-21-8-2-7-19-21/h2-8,11,17H,9-10,12H2,1H3,(H,18,20). The highest BCUT2D eigenvalue weighted by Crippen LogP contribution is 2.07. The monoisotopic (exact) mass is 281 g/mol. The Morgan fingerprint density at radius 2 is 1.95 bits per heavy atom. The second-order valence-corrected chi connectivity index (χ2v) is 5.14. The van der Waals surface area contributed by atoms with Crippen LogP contribution < -0.4 is 5.32 Å². The third-order valence-corrected chi connectivity index (χ3v) is 3.51. The molecule has 2 heterocycles. The van der Waals surface area contributed by atoms with E-state index in [4.69, 9.17) is 0 Å². The number of nitrogens with one attached hydrogen (secondary N) is 2. The number of aryl methyl sites for hydroxylation is 1. The first-order valence-corrected chi connectivity index (χ1v) is 7.06. The van der Waals surface area contributed by atoms with Crippen molar-refractivity contribution < 1.29 is 0 Å². The second kappa shape index (κ2) is 6.37. The molecule has 0 radical (unpaired) electrons. The number of hydrogen-bond donors (Lipinski definition) is 2. The molecule has 0 saturated heterocycles. The third kappa shape index (κ3) is 3.58. The third-order valence-electron chi connectivity index (χ3n) is 3.51. The van der Waals surface area contributed by atoms with Crippen LogP contribution in [0.1, 0.15) is 22.4 Å². The molecule has 0 saturated carbocycles. The van der Waals surface area contributed by atoms with Gasteiger partial charge < -0.3 is 5.32 Å². The lowest BCUT2D eigenvalue weighted by Gasteiger charge is -2.06. The lowest BCUT2D eigenvalue weighted by atomic mass is 10.1. The zero-order valence-corrected chi connectivity index (χ0v) is 12.1. The van der Waals surface area contributed by atoms with Crippen molar-refractivity contribution in [3.8, 4) is 0 Å². The van der Waals surface area contributed by atoms with Crippen LogP contribution in [0, 0.1) is 6.92 Å². The van der Waals surface area contributed by atoms with Gasteiger partial charge in [0, 0.05) is 36.7 Å². The lowest BCUT2D eigenvalue weighted by molar-refractivity contribution is 0.681. The SMILES string of the molecule is Cc1[nH]ncc1CNCc1ccc(Cn2cccn2)cc1. The Kier molecular flexibility index (Phi) is 4.12. The number of aromatic nitrogens is 4. The summed E-state index contributed by atoms with van der Waals surface area (Å²) >= 11 is 0. The maximum absolute atomic E-state index is 4.22. The van der Waals surface area contributed by atoms with Gasteiger partial charge in [-0.25, -0.2) is 0 Å². The molecule has 0 aliphatic rings. The van der Waals surface area contributed by atoms with Crippen molar-refractivity contribution in [2.45, 2.75) is 26.6 Å². The average Bonchev–Trinajstić information content (AvgIpc) is 3.13. The molecule has 5 nitrogen and oxygen atoms in total. The normalized spacial score (nSPS) is 10.9. The molecule has 3 aromatic rings. The Bertz CT molecular complexity index is 667. The van der Waals surface area contributed by atoms with Gasteiger partial charge in [0.15, 0.2) is 0 Å². The first kappa shape index (κ1) is 13.6. The molecule has 2 aromatic heterocycles. The molecular weight excluding hydrogens is 262 g/mol. The van der Waals surface area contributed by atoms with Gasteiger partial charge in [0.25, 0.3) is 0 Å². The largest absolute Gasteiger partial charge is 0.308 e. The van der Waals surface area contributed by atoms with E-state index in [1.807, 2.05) is 30.1 Å². The Hall–Kier alpha value is -2.40. The van der Waals surface area contributed by atoms with Gasteiger partial charge in [0.1, 0.15) is 0 Å². The smallest absolute Gasteiger partial charge is 0.0659 e. The van der Waals surface area contributed by atoms with Crippen molar-refractivity contribution >= 4 is 0 Å². The molecule has 0 spiro atoms. The zero-order valence-electron chi connectivity index (χ0n) is 12.1. The predicted molar refractivity (Wildman–Crippen MR) is 81.6 cm³/mol. The van der Waals surface area contributed by atoms with Crippen molar-refractivity contribution in [3.63, 3.8) is 0 Å². The van der Waals surface area contributed by atoms with Crippen LogP contribution in [0.25, 0.3) is 0 Å². The van der Waals surface area contributed by atoms with E-state index in [1.165, 1.54) is 16.7 Å². The molecule has 1 aromatic carbocycles. The summed E-state index contributed by atoms with van der Waals surface area (Å²) in [7, 11) is 0. The Balaban J connectivity index is 1.51. The fraction of sp³-hybridized carbons (Fsp3) is 0.250. The van der Waals surface area contributed by atoms with E-state index >= 15 is 0 Å². The van der Waals surface area contributed by atoms with Gasteiger partial charge in [0.05, 0.1) is 12.7 Å². The minimum atomic E-state index is 0.814. The molecule has 5 heteroatoms. The molecular formula is C16H19N5. The van der Waals surface area contributed by atoms with Gasteiger partial charge in [-0.1, -0.05) is 24.3 Å². The van der Waals surface area contributed by atoms with Crippen LogP contribution in [0.2, 0.25) is 0 Å². The highest BCUT2D eigenvalue weighted by atomic mass is 15.3. The first-order chi connectivity index (χ1) is 10.3. The summed E-state index contributed by atoms with van der Waals surface area (Å²) in [5.74, 6) is 0. The molecule has 0 unspecified atom stereocenters. The van der Waals surface area contributed by atoms with Gasteiger partial charge in [-0.15, -0.1) is 0 Å². The number of H-pyrrole nitrogens is 1. The average molecular weight is 281 g/mol. The molecule has 0 bridgehead atoms. The van der Waals surface area contributed by atoms with Crippen LogP contribution in [-0.4, -0.2) is 20.0 Å². The molecule has 0 amide bonds. The fourth-order valence-corrected chi connectivity index (χ4v) is 2.24. The highest BCUT2D eigenvalue weighted by Gasteiger charge is 2.00. The number of aromatic amines is 1. The summed E-state index contributed by atoms with van der Waals surface area (Å²) in [5.41, 5.74) is 4.87. The summed E-state index contributed by atoms with van der Waals surface area (Å²) < 4.78 is 1.93. The minimum absolute atomic E-state index is 0.814. The van der Waals surface area contributed by atoms with Crippen LogP contribution in [0.5, 0.6) is 0 Å². The molecule has 0 fully saturated rings. The summed E-state index contributed by atoms with van der Waals surface area (Å²) in [6.07, 6.45) is 5.65. The number of benzene rings is 1. The van der Waals surface area contributed by atoms with Gasteiger partial charge in [-0.2, -0.15) is 10.2 Å². The van der Waals surface area contributed by atoms with Crippen LogP contribution in [-0.2, 0) is 19.6 Å². The molecule has 108 valence electrons. The number of hydrogen-bond acceptors (Lipinski definition) is 3. The van der Waals surface area contributed by atoms with Crippen molar-refractivity contribution in [2.75, 3.05) is 0 Å². The van der Waals surface area contributed by atoms with E-state index in [9.17, 15) is 0 Å². The Labute approximate surface area is 124 Å². The van der Waals surface area contributed by atoms with Crippen LogP contribution >= 0.6 is 0 Å². The van der Waals surface area contributed by atoms with Crippen LogP contribution in [0.4, 0.5) is 0 Å². The summed E-state index contributed by atoms with van der Waals surface area (Å²) in [6.45, 7) is 4.53. The van der Waals surface area contributed by atoms with Crippen molar-refractivity contribution in [1.29, 1.82) is 0 Å². The van der Waals surface area contributed by atoms with Gasteiger partial charge in [-0.3, -0.25) is 9.78 Å². The molecule has 2 N–H and O–H groups in total. The van der Waals surface area contributed by atoms with E-state index in [0.29, 0.717) is 0 Å². The van der Waals surface area contributed by atoms with E-state index in [2.05, 4.69) is 44.9 Å². The van der Waals surface area contributed by atoms with Crippen molar-refractivity contribution in [2.24, 2.45) is 0 Å². The molecule has 0 atom stereocenters. The minimum Gasteiger partial charge on any atom is -0.308 e. The van der Waals surface area contributed by atoms with Crippen molar-refractivity contribution in [1.82, 2.24) is 25.3 Å². The van der Waals surface area contributed by atoms with E-state index in [0.717, 1.165) is 25.3 Å². The predicted octanol–water partition coefficient (Wildman–Crippen LogP) is 2.25. The second-order valence-electron chi connectivity index (χ2n) is 5.14. The fourth-order valence-electron chi connectivity index (χ4n) is 2.24. The van der Waals surface area contributed by atoms with E-state index in [1.54, 1.807) is 6.20 Å². The van der Waals surface area contributed by atoms with E-state index in [-0.39, 0.29) is 0 Å². The zero-order chi connectivity index (χ0) is 14.5. The van der Waals surface area contributed by atoms with Crippen molar-refractivity contribution in [3.05, 3.63) is 71.3 Å². The summed E-state index contributed by atoms with van der Waals surface area (Å²) in [5, 5.41) is 14.6. The Morgan fingerprint density at radius 1 is 1.14 bits per heavy atom. The maximum atomic E-state index is 4.22. The molecule has 0 aliphatic carbocycles. The maximum Gasteiger partial charge on any atom is 0.0659 e. The quantitative estimate of drug-likeness (QED) is 0.728. The highest BCUT2D eigenvalue weighted by molar-refractivity contribution is 5.23.